The normalized spacial score (nSPS) is 14.0. The van der Waals surface area contributed by atoms with E-state index in [2.05, 4.69) is 16.8 Å². The predicted octanol–water partition coefficient (Wildman–Crippen LogP) is 2.08. The number of aromatic nitrogens is 1. The maximum atomic E-state index is 12.7. The van der Waals surface area contributed by atoms with Gasteiger partial charge in [0.15, 0.2) is 0 Å². The van der Waals surface area contributed by atoms with E-state index >= 15 is 0 Å². The Morgan fingerprint density at radius 2 is 2.33 bits per heavy atom. The third-order valence-electron chi connectivity index (χ3n) is 3.84. The van der Waals surface area contributed by atoms with Crippen LogP contribution >= 0.6 is 0 Å². The summed E-state index contributed by atoms with van der Waals surface area (Å²) in [6.07, 6.45) is 5.74. The number of rotatable bonds is 5. The zero-order valence-corrected chi connectivity index (χ0v) is 12.5. The summed E-state index contributed by atoms with van der Waals surface area (Å²) in [5.74, 6) is 6.39. The average Bonchev–Trinajstić information content (AvgIpc) is 2.46. The molecule has 1 aromatic heterocycles. The number of hydrogen-bond donors (Lipinski definition) is 1. The number of pyridine rings is 1. The van der Waals surface area contributed by atoms with Gasteiger partial charge in [-0.2, -0.15) is 0 Å². The van der Waals surface area contributed by atoms with Crippen LogP contribution in [0.15, 0.2) is 18.3 Å². The zero-order valence-electron chi connectivity index (χ0n) is 12.5. The van der Waals surface area contributed by atoms with Crippen molar-refractivity contribution in [3.05, 3.63) is 29.6 Å². The molecule has 2 rings (SSSR count). The molecule has 1 saturated carbocycles. The lowest BCUT2D eigenvalue weighted by Crippen LogP contribution is -2.38. The molecule has 1 aliphatic rings. The van der Waals surface area contributed by atoms with Gasteiger partial charge in [-0.3, -0.25) is 4.79 Å². The molecule has 0 unspecified atom stereocenters. The minimum atomic E-state index is -0.0432. The van der Waals surface area contributed by atoms with E-state index in [0.29, 0.717) is 30.1 Å². The summed E-state index contributed by atoms with van der Waals surface area (Å²) in [6.45, 7) is 3.53. The Balaban J connectivity index is 2.15. The molecule has 21 heavy (non-hydrogen) atoms. The van der Waals surface area contributed by atoms with Crippen molar-refractivity contribution in [2.24, 2.45) is 5.92 Å². The third-order valence-corrected chi connectivity index (χ3v) is 3.84. The largest absolute Gasteiger partial charge is 0.395 e. The molecule has 1 fully saturated rings. The molecule has 4 heteroatoms. The Bertz CT molecular complexity index is 541. The Morgan fingerprint density at radius 3 is 2.95 bits per heavy atom. The maximum absolute atomic E-state index is 12.7. The molecule has 0 saturated heterocycles. The van der Waals surface area contributed by atoms with Gasteiger partial charge in [0.05, 0.1) is 12.2 Å². The second-order valence-electron chi connectivity index (χ2n) is 5.32. The zero-order chi connectivity index (χ0) is 15.1. The number of carbonyl (C=O) groups excluding carboxylic acids is 1. The monoisotopic (exact) mass is 286 g/mol. The summed E-state index contributed by atoms with van der Waals surface area (Å²) in [7, 11) is 0. The third kappa shape index (κ3) is 4.05. The Kier molecular flexibility index (Phi) is 5.77. The van der Waals surface area contributed by atoms with E-state index < -0.39 is 0 Å². The lowest BCUT2D eigenvalue weighted by molar-refractivity contribution is 0.0700. The quantitative estimate of drug-likeness (QED) is 0.843. The van der Waals surface area contributed by atoms with E-state index in [1.165, 1.54) is 19.3 Å². The Hall–Kier alpha value is -1.86. The second kappa shape index (κ2) is 7.80. The smallest absolute Gasteiger partial charge is 0.273 e. The Morgan fingerprint density at radius 1 is 1.52 bits per heavy atom. The average molecular weight is 286 g/mol. The van der Waals surface area contributed by atoms with Gasteiger partial charge in [0.2, 0.25) is 0 Å². The summed E-state index contributed by atoms with van der Waals surface area (Å²) < 4.78 is 0. The molecular weight excluding hydrogens is 264 g/mol. The van der Waals surface area contributed by atoms with Gasteiger partial charge in [0.1, 0.15) is 5.69 Å². The van der Waals surface area contributed by atoms with Gasteiger partial charge in [0.25, 0.3) is 5.91 Å². The molecule has 112 valence electrons. The fourth-order valence-corrected chi connectivity index (χ4v) is 2.38. The molecule has 0 bridgehead atoms. The van der Waals surface area contributed by atoms with Crippen LogP contribution in [-0.2, 0) is 0 Å². The summed E-state index contributed by atoms with van der Waals surface area (Å²) in [4.78, 5) is 18.7. The second-order valence-corrected chi connectivity index (χ2v) is 5.32. The van der Waals surface area contributed by atoms with Gasteiger partial charge >= 0.3 is 0 Å². The predicted molar refractivity (Wildman–Crippen MR) is 81.7 cm³/mol. The van der Waals surface area contributed by atoms with Gasteiger partial charge in [-0.25, -0.2) is 4.98 Å². The van der Waals surface area contributed by atoms with Crippen molar-refractivity contribution in [2.75, 3.05) is 19.7 Å². The molecule has 0 aromatic carbocycles. The molecular formula is C17H22N2O2. The van der Waals surface area contributed by atoms with Crippen LogP contribution in [0, 0.1) is 17.8 Å². The van der Waals surface area contributed by atoms with Gasteiger partial charge in [-0.05, 0) is 37.8 Å². The summed E-state index contributed by atoms with van der Waals surface area (Å²) in [5, 5.41) is 8.79. The molecule has 1 N–H and O–H groups in total. The van der Waals surface area contributed by atoms with Crippen molar-refractivity contribution in [1.29, 1.82) is 0 Å². The van der Waals surface area contributed by atoms with Crippen molar-refractivity contribution in [1.82, 2.24) is 9.88 Å². The minimum Gasteiger partial charge on any atom is -0.395 e. The van der Waals surface area contributed by atoms with E-state index in [1.807, 2.05) is 17.9 Å². The number of aliphatic hydroxyl groups excluding tert-OH is 1. The van der Waals surface area contributed by atoms with Crippen LogP contribution in [0.25, 0.3) is 0 Å². The molecule has 1 amide bonds. The van der Waals surface area contributed by atoms with Crippen molar-refractivity contribution in [3.8, 4) is 11.8 Å². The first-order valence-electron chi connectivity index (χ1n) is 7.60. The number of carbonyl (C=O) groups is 1. The highest BCUT2D eigenvalue weighted by Gasteiger charge is 2.25. The topological polar surface area (TPSA) is 53.4 Å². The summed E-state index contributed by atoms with van der Waals surface area (Å²) in [6, 6.07) is 3.59. The van der Waals surface area contributed by atoms with Crippen molar-refractivity contribution in [2.45, 2.75) is 32.6 Å². The van der Waals surface area contributed by atoms with E-state index in [1.54, 1.807) is 12.3 Å². The van der Waals surface area contributed by atoms with Crippen molar-refractivity contribution < 1.29 is 9.90 Å². The van der Waals surface area contributed by atoms with Gasteiger partial charge < -0.3 is 10.0 Å². The van der Waals surface area contributed by atoms with Crippen LogP contribution in [0.2, 0.25) is 0 Å². The van der Waals surface area contributed by atoms with Gasteiger partial charge in [0, 0.05) is 25.7 Å². The van der Waals surface area contributed by atoms with Crippen LogP contribution in [0.4, 0.5) is 0 Å². The minimum absolute atomic E-state index is 0.0271. The first kappa shape index (κ1) is 15.5. The fourth-order valence-electron chi connectivity index (χ4n) is 2.38. The van der Waals surface area contributed by atoms with E-state index in [9.17, 15) is 4.79 Å². The highest BCUT2D eigenvalue weighted by atomic mass is 16.2. The van der Waals surface area contributed by atoms with Crippen LogP contribution in [0.3, 0.4) is 0 Å². The SMILES string of the molecule is CCN(CC1CCC1)C(=O)c1ncccc1C#CCCO. The summed E-state index contributed by atoms with van der Waals surface area (Å²) >= 11 is 0. The first-order valence-corrected chi connectivity index (χ1v) is 7.60. The molecule has 0 atom stereocenters. The van der Waals surface area contributed by atoms with Crippen LogP contribution < -0.4 is 0 Å². The van der Waals surface area contributed by atoms with Crippen molar-refractivity contribution in [3.63, 3.8) is 0 Å². The highest BCUT2D eigenvalue weighted by Crippen LogP contribution is 2.27. The van der Waals surface area contributed by atoms with E-state index in [4.69, 9.17) is 5.11 Å². The number of hydrogen-bond acceptors (Lipinski definition) is 3. The Labute approximate surface area is 126 Å². The highest BCUT2D eigenvalue weighted by molar-refractivity contribution is 5.94. The fraction of sp³-hybridized carbons (Fsp3) is 0.529. The molecule has 0 radical (unpaired) electrons. The molecule has 1 aliphatic carbocycles. The lowest BCUT2D eigenvalue weighted by atomic mass is 9.85. The number of nitrogens with zero attached hydrogens (tertiary/aromatic N) is 2. The number of amides is 1. The van der Waals surface area contributed by atoms with E-state index in [-0.39, 0.29) is 12.5 Å². The molecule has 0 spiro atoms. The molecule has 1 heterocycles. The number of aliphatic hydroxyl groups is 1. The van der Waals surface area contributed by atoms with Crippen LogP contribution in [0.1, 0.15) is 48.7 Å². The van der Waals surface area contributed by atoms with E-state index in [0.717, 1.165) is 6.54 Å². The summed E-state index contributed by atoms with van der Waals surface area (Å²) in [5.41, 5.74) is 1.06. The van der Waals surface area contributed by atoms with Crippen LogP contribution in [0.5, 0.6) is 0 Å². The first-order chi connectivity index (χ1) is 10.3. The van der Waals surface area contributed by atoms with Gasteiger partial charge in [-0.1, -0.05) is 18.3 Å². The lowest BCUT2D eigenvalue weighted by Gasteiger charge is -2.31. The molecule has 4 nitrogen and oxygen atoms in total. The van der Waals surface area contributed by atoms with Crippen molar-refractivity contribution >= 4 is 5.91 Å². The standard InChI is InChI=1S/C17H22N2O2/c1-2-19(13-14-7-5-8-14)17(21)16-15(9-3-4-12-20)10-6-11-18-16/h6,10-11,14,20H,2,4-5,7-8,12-13H2,1H3. The maximum Gasteiger partial charge on any atom is 0.273 e. The van der Waals surface area contributed by atoms with Gasteiger partial charge in [-0.15, -0.1) is 0 Å². The molecule has 0 aliphatic heterocycles. The van der Waals surface area contributed by atoms with Crippen LogP contribution in [-0.4, -0.2) is 40.6 Å². The molecule has 1 aromatic rings.